The molecule has 0 bridgehead atoms. The zero-order chi connectivity index (χ0) is 21.5. The maximum atomic E-state index is 13.1. The van der Waals surface area contributed by atoms with E-state index >= 15 is 0 Å². The molecule has 2 aromatic heterocycles. The van der Waals surface area contributed by atoms with E-state index in [1.807, 2.05) is 0 Å². The molecule has 0 spiro atoms. The van der Waals surface area contributed by atoms with E-state index in [1.165, 1.54) is 12.3 Å². The monoisotopic (exact) mass is 495 g/mol. The molecular formula is C20H10BrClF3N3O2. The number of halogens is 5. The summed E-state index contributed by atoms with van der Waals surface area (Å²) in [5, 5.41) is 3.95. The Morgan fingerprint density at radius 3 is 2.67 bits per heavy atom. The maximum Gasteiger partial charge on any atom is 0.417 e. The van der Waals surface area contributed by atoms with Crippen LogP contribution in [0.4, 0.5) is 13.2 Å². The van der Waals surface area contributed by atoms with Crippen LogP contribution in [0, 0.1) is 0 Å². The van der Waals surface area contributed by atoms with Gasteiger partial charge in [-0.1, -0.05) is 33.6 Å². The van der Waals surface area contributed by atoms with Crippen LogP contribution in [0.3, 0.4) is 0 Å². The molecule has 4 rings (SSSR count). The Morgan fingerprint density at radius 1 is 1.17 bits per heavy atom. The second-order valence-corrected chi connectivity index (χ2v) is 7.50. The molecule has 0 aliphatic rings. The number of alkyl halides is 3. The fraction of sp³-hybridized carbons (Fsp3) is 0.0500. The number of aromatic nitrogens is 2. The van der Waals surface area contributed by atoms with E-state index in [2.05, 4.69) is 26.0 Å². The summed E-state index contributed by atoms with van der Waals surface area (Å²) in [5.74, 6) is 0.391. The van der Waals surface area contributed by atoms with Gasteiger partial charge in [0.15, 0.2) is 5.76 Å². The van der Waals surface area contributed by atoms with E-state index in [1.54, 1.807) is 30.3 Å². The molecule has 0 radical (unpaired) electrons. The van der Waals surface area contributed by atoms with Gasteiger partial charge >= 0.3 is 6.18 Å². The predicted molar refractivity (Wildman–Crippen MR) is 111 cm³/mol. The fourth-order valence-electron chi connectivity index (χ4n) is 2.79. The molecule has 0 atom stereocenters. The molecule has 10 heteroatoms. The van der Waals surface area contributed by atoms with Crippen molar-refractivity contribution in [2.24, 2.45) is 5.10 Å². The molecule has 0 amide bonds. The molecular weight excluding hydrogens is 487 g/mol. The summed E-state index contributed by atoms with van der Waals surface area (Å²) in [6, 6.07) is 11.6. The van der Waals surface area contributed by atoms with Crippen LogP contribution in [-0.2, 0) is 6.18 Å². The van der Waals surface area contributed by atoms with Crippen LogP contribution in [-0.4, -0.2) is 15.9 Å². The average molecular weight is 497 g/mol. The normalized spacial score (nSPS) is 12.2. The average Bonchev–Trinajstić information content (AvgIpc) is 3.22. The van der Waals surface area contributed by atoms with E-state index in [9.17, 15) is 18.0 Å². The van der Waals surface area contributed by atoms with Gasteiger partial charge in [-0.3, -0.25) is 4.79 Å². The first-order chi connectivity index (χ1) is 14.2. The molecule has 2 aromatic carbocycles. The van der Waals surface area contributed by atoms with Gasteiger partial charge in [-0.05, 0) is 48.0 Å². The number of furan rings is 1. The van der Waals surface area contributed by atoms with Crippen molar-refractivity contribution in [3.8, 4) is 11.6 Å². The Labute approximate surface area is 180 Å². The lowest BCUT2D eigenvalue weighted by atomic mass is 10.1. The molecule has 0 N–H and O–H groups in total. The van der Waals surface area contributed by atoms with Crippen molar-refractivity contribution in [1.29, 1.82) is 0 Å². The Balaban J connectivity index is 1.89. The van der Waals surface area contributed by atoms with Gasteiger partial charge < -0.3 is 4.42 Å². The highest BCUT2D eigenvalue weighted by atomic mass is 79.9. The topological polar surface area (TPSA) is 60.4 Å². The number of hydrogen-bond donors (Lipinski definition) is 0. The second kappa shape index (κ2) is 7.73. The molecule has 5 nitrogen and oxygen atoms in total. The first kappa shape index (κ1) is 20.4. The van der Waals surface area contributed by atoms with Crippen LogP contribution in [0.15, 0.2) is 73.6 Å². The molecule has 152 valence electrons. The molecule has 30 heavy (non-hydrogen) atoms. The van der Waals surface area contributed by atoms with Crippen LogP contribution < -0.4 is 5.56 Å². The third-order valence-corrected chi connectivity index (χ3v) is 4.99. The van der Waals surface area contributed by atoms with Crippen molar-refractivity contribution in [2.45, 2.75) is 6.18 Å². The lowest BCUT2D eigenvalue weighted by Gasteiger charge is -2.10. The van der Waals surface area contributed by atoms with Gasteiger partial charge in [0.2, 0.25) is 5.82 Å². The summed E-state index contributed by atoms with van der Waals surface area (Å²) in [5.41, 5.74) is -0.966. The number of benzene rings is 2. The van der Waals surface area contributed by atoms with Crippen LogP contribution >= 0.6 is 27.5 Å². The number of fused-ring (bicyclic) bond motifs is 1. The summed E-state index contributed by atoms with van der Waals surface area (Å²) in [4.78, 5) is 17.5. The van der Waals surface area contributed by atoms with Crippen LogP contribution in [0.5, 0.6) is 0 Å². The van der Waals surface area contributed by atoms with Crippen LogP contribution in [0.25, 0.3) is 22.5 Å². The van der Waals surface area contributed by atoms with Crippen molar-refractivity contribution >= 4 is 44.6 Å². The van der Waals surface area contributed by atoms with Crippen molar-refractivity contribution in [1.82, 2.24) is 9.66 Å². The summed E-state index contributed by atoms with van der Waals surface area (Å²) >= 11 is 8.96. The Hall–Kier alpha value is -2.91. The van der Waals surface area contributed by atoms with Gasteiger partial charge in [-0.25, -0.2) is 4.98 Å². The largest absolute Gasteiger partial charge is 0.461 e. The van der Waals surface area contributed by atoms with E-state index in [4.69, 9.17) is 16.0 Å². The summed E-state index contributed by atoms with van der Waals surface area (Å²) in [7, 11) is 0. The molecule has 0 saturated carbocycles. The summed E-state index contributed by atoms with van der Waals surface area (Å²) in [6.07, 6.45) is -2.07. The predicted octanol–water partition coefficient (Wildman–Crippen LogP) is 5.97. The molecule has 4 aromatic rings. The third-order valence-electron chi connectivity index (χ3n) is 4.17. The molecule has 0 unspecified atom stereocenters. The van der Waals surface area contributed by atoms with Gasteiger partial charge in [0, 0.05) is 4.47 Å². The quantitative estimate of drug-likeness (QED) is 0.328. The Morgan fingerprint density at radius 2 is 1.97 bits per heavy atom. The Bertz CT molecular complexity index is 1330. The van der Waals surface area contributed by atoms with E-state index in [0.29, 0.717) is 9.99 Å². The van der Waals surface area contributed by atoms with Crippen LogP contribution in [0.1, 0.15) is 11.1 Å². The molecule has 0 fully saturated rings. The number of rotatable bonds is 3. The summed E-state index contributed by atoms with van der Waals surface area (Å²) in [6.45, 7) is 0. The summed E-state index contributed by atoms with van der Waals surface area (Å²) < 4.78 is 46.3. The molecule has 2 heterocycles. The maximum absolute atomic E-state index is 13.1. The minimum absolute atomic E-state index is 0.110. The van der Waals surface area contributed by atoms with Gasteiger partial charge in [-0.2, -0.15) is 22.9 Å². The van der Waals surface area contributed by atoms with Crippen LogP contribution in [0.2, 0.25) is 5.02 Å². The van der Waals surface area contributed by atoms with E-state index in [-0.39, 0.29) is 22.5 Å². The SMILES string of the molecule is O=c1c2cc(Br)ccc2nc(-c2ccco2)n1N=Cc1ccc(Cl)c(C(F)(F)F)c1. The molecule has 0 aliphatic heterocycles. The van der Waals surface area contributed by atoms with Gasteiger partial charge in [0.25, 0.3) is 5.56 Å². The smallest absolute Gasteiger partial charge is 0.417 e. The number of nitrogens with zero attached hydrogens (tertiary/aromatic N) is 3. The zero-order valence-corrected chi connectivity index (χ0v) is 17.2. The van der Waals surface area contributed by atoms with E-state index < -0.39 is 22.3 Å². The molecule has 0 saturated heterocycles. The van der Waals surface area contributed by atoms with Crippen molar-refractivity contribution in [2.75, 3.05) is 0 Å². The fourth-order valence-corrected chi connectivity index (χ4v) is 3.37. The highest BCUT2D eigenvalue weighted by molar-refractivity contribution is 9.10. The highest BCUT2D eigenvalue weighted by Crippen LogP contribution is 2.34. The first-order valence-electron chi connectivity index (χ1n) is 8.41. The minimum atomic E-state index is -4.62. The third kappa shape index (κ3) is 3.90. The lowest BCUT2D eigenvalue weighted by molar-refractivity contribution is -0.137. The van der Waals surface area contributed by atoms with Crippen molar-refractivity contribution in [3.05, 3.63) is 85.8 Å². The van der Waals surface area contributed by atoms with E-state index in [0.717, 1.165) is 23.0 Å². The standard InChI is InChI=1S/C20H10BrClF3N3O2/c21-12-4-6-16-13(9-12)19(29)28(18(27-16)17-2-1-7-30-17)26-10-11-3-5-15(22)14(8-11)20(23,24)25/h1-10H. The highest BCUT2D eigenvalue weighted by Gasteiger charge is 2.33. The minimum Gasteiger partial charge on any atom is -0.461 e. The molecule has 0 aliphatic carbocycles. The van der Waals surface area contributed by atoms with Gasteiger partial charge in [0.05, 0.1) is 34.0 Å². The first-order valence-corrected chi connectivity index (χ1v) is 9.58. The van der Waals surface area contributed by atoms with Gasteiger partial charge in [-0.15, -0.1) is 0 Å². The Kier molecular flexibility index (Phi) is 5.25. The number of hydrogen-bond acceptors (Lipinski definition) is 4. The van der Waals surface area contributed by atoms with Gasteiger partial charge in [0.1, 0.15) is 0 Å². The second-order valence-electron chi connectivity index (χ2n) is 6.17. The zero-order valence-electron chi connectivity index (χ0n) is 14.8. The lowest BCUT2D eigenvalue weighted by Crippen LogP contribution is -2.20. The van der Waals surface area contributed by atoms with Crippen molar-refractivity contribution < 1.29 is 17.6 Å². The van der Waals surface area contributed by atoms with Crippen molar-refractivity contribution in [3.63, 3.8) is 0 Å².